The van der Waals surface area contributed by atoms with Crippen LogP contribution in [0.15, 0.2) is 0 Å². The smallest absolute Gasteiger partial charge is 0.240 e. The molecule has 0 aromatic heterocycles. The minimum Gasteiger partial charge on any atom is -0.368 e. The molecule has 0 aromatic carbocycles. The standard InChI is InChI=1S/C8H14N2O2S/c9-8(12)6-2-1-4-10(6)7(11)3-5-13/h6,13H,1-5H2,(H2,9,12). The molecular weight excluding hydrogens is 188 g/mol. The minimum absolute atomic E-state index is 0.0173. The van der Waals surface area contributed by atoms with Gasteiger partial charge in [-0.15, -0.1) is 0 Å². The molecule has 1 aliphatic heterocycles. The summed E-state index contributed by atoms with van der Waals surface area (Å²) in [5, 5.41) is 0. The van der Waals surface area contributed by atoms with Gasteiger partial charge in [-0.25, -0.2) is 0 Å². The maximum atomic E-state index is 11.4. The molecule has 1 saturated heterocycles. The lowest BCUT2D eigenvalue weighted by Crippen LogP contribution is -2.43. The Balaban J connectivity index is 2.57. The molecule has 1 heterocycles. The lowest BCUT2D eigenvalue weighted by Gasteiger charge is -2.21. The van der Waals surface area contributed by atoms with Crippen molar-refractivity contribution in [2.45, 2.75) is 25.3 Å². The van der Waals surface area contributed by atoms with Crippen LogP contribution in [0.5, 0.6) is 0 Å². The van der Waals surface area contributed by atoms with Crippen molar-refractivity contribution in [2.75, 3.05) is 12.3 Å². The first kappa shape index (κ1) is 10.4. The number of primary amides is 1. The number of amides is 2. The van der Waals surface area contributed by atoms with Gasteiger partial charge in [0, 0.05) is 13.0 Å². The molecule has 74 valence electrons. The van der Waals surface area contributed by atoms with Crippen LogP contribution in [0.25, 0.3) is 0 Å². The zero-order valence-electron chi connectivity index (χ0n) is 7.40. The molecule has 1 atom stereocenters. The molecule has 1 aliphatic rings. The quantitative estimate of drug-likeness (QED) is 0.622. The highest BCUT2D eigenvalue weighted by molar-refractivity contribution is 7.80. The minimum atomic E-state index is -0.398. The van der Waals surface area contributed by atoms with Crippen LogP contribution in [0.2, 0.25) is 0 Å². The molecule has 1 unspecified atom stereocenters. The first-order valence-electron chi connectivity index (χ1n) is 4.36. The van der Waals surface area contributed by atoms with Crippen LogP contribution in [-0.4, -0.2) is 35.1 Å². The summed E-state index contributed by atoms with van der Waals surface area (Å²) in [5.41, 5.74) is 5.17. The molecule has 0 aromatic rings. The molecule has 0 bridgehead atoms. The van der Waals surface area contributed by atoms with Gasteiger partial charge in [0.05, 0.1) is 0 Å². The van der Waals surface area contributed by atoms with Crippen molar-refractivity contribution >= 4 is 24.4 Å². The summed E-state index contributed by atoms with van der Waals surface area (Å²) >= 11 is 3.97. The second-order valence-electron chi connectivity index (χ2n) is 3.12. The fraction of sp³-hybridized carbons (Fsp3) is 0.750. The van der Waals surface area contributed by atoms with Crippen LogP contribution >= 0.6 is 12.6 Å². The van der Waals surface area contributed by atoms with Crippen molar-refractivity contribution in [3.05, 3.63) is 0 Å². The summed E-state index contributed by atoms with van der Waals surface area (Å²) in [7, 11) is 0. The lowest BCUT2D eigenvalue weighted by molar-refractivity contribution is -0.136. The van der Waals surface area contributed by atoms with Gasteiger partial charge >= 0.3 is 0 Å². The fourth-order valence-electron chi connectivity index (χ4n) is 1.60. The topological polar surface area (TPSA) is 63.4 Å². The number of nitrogens with zero attached hydrogens (tertiary/aromatic N) is 1. The average molecular weight is 202 g/mol. The van der Waals surface area contributed by atoms with Gasteiger partial charge in [0.25, 0.3) is 0 Å². The molecule has 2 amide bonds. The second-order valence-corrected chi connectivity index (χ2v) is 3.57. The Bertz CT molecular complexity index is 220. The Morgan fingerprint density at radius 2 is 2.23 bits per heavy atom. The van der Waals surface area contributed by atoms with Crippen LogP contribution in [0.1, 0.15) is 19.3 Å². The largest absolute Gasteiger partial charge is 0.368 e. The molecule has 0 radical (unpaired) electrons. The predicted octanol–water partition coefficient (Wildman–Crippen LogP) is -0.217. The average Bonchev–Trinajstić information content (AvgIpc) is 2.52. The number of likely N-dealkylation sites (tertiary alicyclic amines) is 1. The Labute approximate surface area is 82.9 Å². The zero-order chi connectivity index (χ0) is 9.84. The molecule has 1 rings (SSSR count). The summed E-state index contributed by atoms with van der Waals surface area (Å²) in [6, 6.07) is -0.382. The van der Waals surface area contributed by atoms with Gasteiger partial charge in [-0.3, -0.25) is 9.59 Å². The van der Waals surface area contributed by atoms with Crippen LogP contribution in [0.3, 0.4) is 0 Å². The molecular formula is C8H14N2O2S. The van der Waals surface area contributed by atoms with Crippen LogP contribution in [0, 0.1) is 0 Å². The van der Waals surface area contributed by atoms with E-state index in [2.05, 4.69) is 12.6 Å². The molecule has 0 spiro atoms. The van der Waals surface area contributed by atoms with Gasteiger partial charge in [-0.05, 0) is 18.6 Å². The highest BCUT2D eigenvalue weighted by Crippen LogP contribution is 2.17. The van der Waals surface area contributed by atoms with Crippen LogP contribution in [-0.2, 0) is 9.59 Å². The number of rotatable bonds is 3. The van der Waals surface area contributed by atoms with Crippen molar-refractivity contribution in [3.63, 3.8) is 0 Å². The normalized spacial score (nSPS) is 21.9. The number of hydrogen-bond acceptors (Lipinski definition) is 3. The van der Waals surface area contributed by atoms with E-state index in [1.807, 2.05) is 0 Å². The molecule has 13 heavy (non-hydrogen) atoms. The molecule has 0 saturated carbocycles. The number of carbonyl (C=O) groups is 2. The SMILES string of the molecule is NC(=O)C1CCCN1C(=O)CCS. The van der Waals surface area contributed by atoms with Gasteiger partial charge in [0.1, 0.15) is 6.04 Å². The Morgan fingerprint density at radius 1 is 1.54 bits per heavy atom. The molecule has 1 fully saturated rings. The second kappa shape index (κ2) is 4.50. The maximum absolute atomic E-state index is 11.4. The van der Waals surface area contributed by atoms with Crippen molar-refractivity contribution in [1.82, 2.24) is 4.90 Å². The Morgan fingerprint density at radius 3 is 2.77 bits per heavy atom. The third-order valence-corrected chi connectivity index (χ3v) is 2.45. The molecule has 2 N–H and O–H groups in total. The van der Waals surface area contributed by atoms with Crippen molar-refractivity contribution in [1.29, 1.82) is 0 Å². The van der Waals surface area contributed by atoms with E-state index in [-0.39, 0.29) is 11.9 Å². The molecule has 0 aliphatic carbocycles. The first-order valence-corrected chi connectivity index (χ1v) is 4.99. The van der Waals surface area contributed by atoms with Crippen LogP contribution < -0.4 is 5.73 Å². The number of nitrogens with two attached hydrogens (primary N) is 1. The number of thiol groups is 1. The Kier molecular flexibility index (Phi) is 3.59. The number of carbonyl (C=O) groups excluding carboxylic acids is 2. The maximum Gasteiger partial charge on any atom is 0.240 e. The zero-order valence-corrected chi connectivity index (χ0v) is 8.30. The lowest BCUT2D eigenvalue weighted by atomic mass is 10.2. The predicted molar refractivity (Wildman–Crippen MR) is 52.4 cm³/mol. The monoisotopic (exact) mass is 202 g/mol. The van der Waals surface area contributed by atoms with Gasteiger partial charge in [-0.2, -0.15) is 12.6 Å². The molecule has 4 nitrogen and oxygen atoms in total. The highest BCUT2D eigenvalue weighted by Gasteiger charge is 2.31. The van der Waals surface area contributed by atoms with Crippen molar-refractivity contribution in [3.8, 4) is 0 Å². The first-order chi connectivity index (χ1) is 6.16. The van der Waals surface area contributed by atoms with Crippen molar-refractivity contribution in [2.24, 2.45) is 5.73 Å². The third kappa shape index (κ3) is 2.37. The van der Waals surface area contributed by atoms with E-state index in [0.717, 1.165) is 6.42 Å². The van der Waals surface area contributed by atoms with Gasteiger partial charge in [0.2, 0.25) is 11.8 Å². The summed E-state index contributed by atoms with van der Waals surface area (Å²) < 4.78 is 0. The summed E-state index contributed by atoms with van der Waals surface area (Å²) in [5.74, 6) is 0.0992. The van der Waals surface area contributed by atoms with E-state index >= 15 is 0 Å². The van der Waals surface area contributed by atoms with E-state index in [1.165, 1.54) is 0 Å². The third-order valence-electron chi connectivity index (χ3n) is 2.23. The van der Waals surface area contributed by atoms with E-state index < -0.39 is 5.91 Å². The summed E-state index contributed by atoms with van der Waals surface area (Å²) in [6.07, 6.45) is 1.95. The van der Waals surface area contributed by atoms with E-state index in [0.29, 0.717) is 25.1 Å². The molecule has 5 heteroatoms. The van der Waals surface area contributed by atoms with E-state index in [9.17, 15) is 9.59 Å². The fourth-order valence-corrected chi connectivity index (χ4v) is 1.79. The van der Waals surface area contributed by atoms with Gasteiger partial charge in [0.15, 0.2) is 0 Å². The van der Waals surface area contributed by atoms with Crippen molar-refractivity contribution < 1.29 is 9.59 Å². The van der Waals surface area contributed by atoms with Gasteiger partial charge in [-0.1, -0.05) is 0 Å². The van der Waals surface area contributed by atoms with E-state index in [4.69, 9.17) is 5.73 Å². The summed E-state index contributed by atoms with van der Waals surface area (Å²) in [6.45, 7) is 0.653. The van der Waals surface area contributed by atoms with E-state index in [1.54, 1.807) is 4.90 Å². The number of hydrogen-bond donors (Lipinski definition) is 2. The highest BCUT2D eigenvalue weighted by atomic mass is 32.1. The van der Waals surface area contributed by atoms with Gasteiger partial charge < -0.3 is 10.6 Å². The summed E-state index contributed by atoms with van der Waals surface area (Å²) in [4.78, 5) is 23.9. The Hall–Kier alpha value is -0.710. The van der Waals surface area contributed by atoms with Crippen LogP contribution in [0.4, 0.5) is 0 Å².